The summed E-state index contributed by atoms with van der Waals surface area (Å²) in [5.41, 5.74) is -0.661. The zero-order chi connectivity index (χ0) is 19.6. The Morgan fingerprint density at radius 3 is 2.68 bits per heavy atom. The van der Waals surface area contributed by atoms with Crippen molar-refractivity contribution in [3.63, 3.8) is 0 Å². The van der Waals surface area contributed by atoms with E-state index in [-0.39, 0.29) is 23.9 Å². The Bertz CT molecular complexity index is 721. The number of thiophene rings is 1. The highest BCUT2D eigenvalue weighted by molar-refractivity contribution is 7.10. The van der Waals surface area contributed by atoms with Gasteiger partial charge < -0.3 is 10.6 Å². The second kappa shape index (κ2) is 8.23. The standard InChI is InChI=1S/C21H29N3O3S/c25-17(22-18(15-7-1-2-8-15)16-9-6-14-28-16)10-5-13-24-19(26)21(23-20(24)27)11-3-4-12-21/h6,9,14-15,18H,1-5,7-8,10-13H2,(H,22,25)(H,23,27). The van der Waals surface area contributed by atoms with Crippen molar-refractivity contribution in [3.05, 3.63) is 22.4 Å². The third-order valence-electron chi connectivity index (χ3n) is 6.53. The van der Waals surface area contributed by atoms with Gasteiger partial charge in [0.15, 0.2) is 0 Å². The number of imide groups is 1. The fourth-order valence-corrected chi connectivity index (χ4v) is 5.89. The van der Waals surface area contributed by atoms with Crippen LogP contribution in [0.4, 0.5) is 4.79 Å². The first kappa shape index (κ1) is 19.4. The van der Waals surface area contributed by atoms with Crippen molar-refractivity contribution < 1.29 is 14.4 Å². The predicted molar refractivity (Wildman–Crippen MR) is 108 cm³/mol. The molecule has 3 aliphatic rings. The first-order chi connectivity index (χ1) is 13.6. The summed E-state index contributed by atoms with van der Waals surface area (Å²) in [5, 5.41) is 8.17. The molecule has 3 fully saturated rings. The summed E-state index contributed by atoms with van der Waals surface area (Å²) in [4.78, 5) is 40.0. The lowest BCUT2D eigenvalue weighted by atomic mass is 9.96. The number of amides is 4. The van der Waals surface area contributed by atoms with Crippen molar-refractivity contribution in [1.29, 1.82) is 0 Å². The third-order valence-corrected chi connectivity index (χ3v) is 7.48. The average molecular weight is 404 g/mol. The lowest BCUT2D eigenvalue weighted by Gasteiger charge is -2.24. The van der Waals surface area contributed by atoms with Crippen molar-refractivity contribution >= 4 is 29.2 Å². The Balaban J connectivity index is 1.29. The molecule has 1 atom stereocenters. The molecule has 0 bridgehead atoms. The molecule has 0 aromatic carbocycles. The molecule has 2 N–H and O–H groups in total. The van der Waals surface area contributed by atoms with Gasteiger partial charge in [0.1, 0.15) is 5.54 Å². The molecule has 28 heavy (non-hydrogen) atoms. The topological polar surface area (TPSA) is 78.5 Å². The van der Waals surface area contributed by atoms with Crippen LogP contribution in [0, 0.1) is 5.92 Å². The lowest BCUT2D eigenvalue weighted by Crippen LogP contribution is -2.44. The summed E-state index contributed by atoms with van der Waals surface area (Å²) in [7, 11) is 0. The maximum Gasteiger partial charge on any atom is 0.325 e. The van der Waals surface area contributed by atoms with Gasteiger partial charge in [-0.25, -0.2) is 4.79 Å². The average Bonchev–Trinajstić information content (AvgIpc) is 3.46. The van der Waals surface area contributed by atoms with E-state index >= 15 is 0 Å². The van der Waals surface area contributed by atoms with Gasteiger partial charge in [-0.1, -0.05) is 31.7 Å². The number of urea groups is 1. The molecule has 6 nitrogen and oxygen atoms in total. The van der Waals surface area contributed by atoms with E-state index in [0.29, 0.717) is 25.3 Å². The Hall–Kier alpha value is -1.89. The first-order valence-corrected chi connectivity index (χ1v) is 11.4. The van der Waals surface area contributed by atoms with E-state index < -0.39 is 5.54 Å². The van der Waals surface area contributed by atoms with Crippen LogP contribution in [0.5, 0.6) is 0 Å². The van der Waals surface area contributed by atoms with Crippen LogP contribution in [-0.2, 0) is 9.59 Å². The van der Waals surface area contributed by atoms with Crippen LogP contribution in [-0.4, -0.2) is 34.8 Å². The van der Waals surface area contributed by atoms with E-state index in [1.165, 1.54) is 22.6 Å². The van der Waals surface area contributed by atoms with Gasteiger partial charge in [0.25, 0.3) is 5.91 Å². The number of hydrogen-bond acceptors (Lipinski definition) is 4. The quantitative estimate of drug-likeness (QED) is 0.681. The lowest BCUT2D eigenvalue weighted by molar-refractivity contribution is -0.131. The Labute approximate surface area is 170 Å². The van der Waals surface area contributed by atoms with Crippen molar-refractivity contribution in [2.45, 2.75) is 75.8 Å². The van der Waals surface area contributed by atoms with Crippen LogP contribution in [0.3, 0.4) is 0 Å². The molecule has 4 amide bonds. The van der Waals surface area contributed by atoms with Crippen molar-refractivity contribution in [2.75, 3.05) is 6.54 Å². The molecular weight excluding hydrogens is 374 g/mol. The maximum atomic E-state index is 12.7. The molecule has 4 rings (SSSR count). The van der Waals surface area contributed by atoms with Gasteiger partial charge in [-0.05, 0) is 49.5 Å². The summed E-state index contributed by atoms with van der Waals surface area (Å²) < 4.78 is 0. The van der Waals surface area contributed by atoms with E-state index in [2.05, 4.69) is 22.1 Å². The van der Waals surface area contributed by atoms with Crippen molar-refractivity contribution in [2.24, 2.45) is 5.92 Å². The zero-order valence-electron chi connectivity index (χ0n) is 16.2. The van der Waals surface area contributed by atoms with E-state index in [4.69, 9.17) is 0 Å². The highest BCUT2D eigenvalue weighted by atomic mass is 32.1. The SMILES string of the molecule is O=C(CCCN1C(=O)NC2(CCCC2)C1=O)NC(c1cccs1)C1CCCC1. The van der Waals surface area contributed by atoms with Crippen LogP contribution < -0.4 is 10.6 Å². The van der Waals surface area contributed by atoms with Crippen LogP contribution in [0.25, 0.3) is 0 Å². The molecule has 0 radical (unpaired) electrons. The molecule has 7 heteroatoms. The predicted octanol–water partition coefficient (Wildman–Crippen LogP) is 3.74. The minimum atomic E-state index is -0.661. The molecular formula is C21H29N3O3S. The number of rotatable bonds is 7. The monoisotopic (exact) mass is 403 g/mol. The van der Waals surface area contributed by atoms with Gasteiger partial charge in [0.05, 0.1) is 6.04 Å². The molecule has 1 aliphatic heterocycles. The highest BCUT2D eigenvalue weighted by Crippen LogP contribution is 2.37. The van der Waals surface area contributed by atoms with Crippen LogP contribution in [0.2, 0.25) is 0 Å². The van der Waals surface area contributed by atoms with E-state index in [1.807, 2.05) is 6.07 Å². The Morgan fingerprint density at radius 1 is 1.25 bits per heavy atom. The van der Waals surface area contributed by atoms with Crippen molar-refractivity contribution in [1.82, 2.24) is 15.5 Å². The first-order valence-electron chi connectivity index (χ1n) is 10.6. The maximum absolute atomic E-state index is 12.7. The molecule has 2 aliphatic carbocycles. The summed E-state index contributed by atoms with van der Waals surface area (Å²) in [6.45, 7) is 0.312. The summed E-state index contributed by atoms with van der Waals surface area (Å²) in [5.74, 6) is 0.418. The fraction of sp³-hybridized carbons (Fsp3) is 0.667. The molecule has 152 valence electrons. The molecule has 1 spiro atoms. The Kier molecular flexibility index (Phi) is 5.71. The van der Waals surface area contributed by atoms with E-state index in [1.54, 1.807) is 11.3 Å². The van der Waals surface area contributed by atoms with Gasteiger partial charge in [-0.15, -0.1) is 11.3 Å². The van der Waals surface area contributed by atoms with E-state index in [0.717, 1.165) is 38.5 Å². The third kappa shape index (κ3) is 3.81. The number of nitrogens with one attached hydrogen (secondary N) is 2. The molecule has 2 saturated carbocycles. The molecule has 2 heterocycles. The Morgan fingerprint density at radius 2 is 2.00 bits per heavy atom. The van der Waals surface area contributed by atoms with Crippen LogP contribution in [0.1, 0.15) is 75.1 Å². The molecule has 1 aromatic heterocycles. The second-order valence-electron chi connectivity index (χ2n) is 8.38. The van der Waals surface area contributed by atoms with E-state index in [9.17, 15) is 14.4 Å². The number of nitrogens with zero attached hydrogens (tertiary/aromatic N) is 1. The van der Waals surface area contributed by atoms with Gasteiger partial charge in [-0.3, -0.25) is 14.5 Å². The highest BCUT2D eigenvalue weighted by Gasteiger charge is 2.52. The summed E-state index contributed by atoms with van der Waals surface area (Å²) in [6.07, 6.45) is 9.05. The zero-order valence-corrected chi connectivity index (χ0v) is 17.1. The van der Waals surface area contributed by atoms with Gasteiger partial charge >= 0.3 is 6.03 Å². The second-order valence-corrected chi connectivity index (χ2v) is 9.36. The molecule has 1 aromatic rings. The fourth-order valence-electron chi connectivity index (χ4n) is 5.02. The molecule has 1 saturated heterocycles. The largest absolute Gasteiger partial charge is 0.348 e. The summed E-state index contributed by atoms with van der Waals surface area (Å²) in [6, 6.07) is 3.93. The van der Waals surface area contributed by atoms with Gasteiger partial charge in [0, 0.05) is 17.8 Å². The number of hydrogen-bond donors (Lipinski definition) is 2. The van der Waals surface area contributed by atoms with Gasteiger partial charge in [-0.2, -0.15) is 0 Å². The molecule has 1 unspecified atom stereocenters. The normalized spacial score (nSPS) is 22.8. The minimum absolute atomic E-state index is 0.00735. The van der Waals surface area contributed by atoms with Crippen LogP contribution in [0.15, 0.2) is 17.5 Å². The van der Waals surface area contributed by atoms with Crippen LogP contribution >= 0.6 is 11.3 Å². The smallest absolute Gasteiger partial charge is 0.325 e. The van der Waals surface area contributed by atoms with Gasteiger partial charge in [0.2, 0.25) is 5.91 Å². The number of carbonyl (C=O) groups excluding carboxylic acids is 3. The minimum Gasteiger partial charge on any atom is -0.348 e. The van der Waals surface area contributed by atoms with Crippen molar-refractivity contribution in [3.8, 4) is 0 Å². The number of carbonyl (C=O) groups is 3. The summed E-state index contributed by atoms with van der Waals surface area (Å²) >= 11 is 1.69.